The van der Waals surface area contributed by atoms with Crippen molar-refractivity contribution in [2.75, 3.05) is 6.54 Å². The number of carbonyl (C=O) groups is 1. The lowest BCUT2D eigenvalue weighted by Gasteiger charge is -2.13. The van der Waals surface area contributed by atoms with Crippen molar-refractivity contribution in [2.24, 2.45) is 4.99 Å². The Balaban J connectivity index is 1.77. The molecule has 0 spiro atoms. The van der Waals surface area contributed by atoms with Crippen LogP contribution in [0.4, 0.5) is 0 Å². The first-order chi connectivity index (χ1) is 14.8. The van der Waals surface area contributed by atoms with Gasteiger partial charge in [0.15, 0.2) is 0 Å². The summed E-state index contributed by atoms with van der Waals surface area (Å²) < 4.78 is 3.69. The molecular formula is C24H27N5O2. The second-order valence-corrected chi connectivity index (χ2v) is 7.93. The number of rotatable bonds is 4. The molecule has 0 fully saturated rings. The second kappa shape index (κ2) is 7.91. The van der Waals surface area contributed by atoms with Crippen molar-refractivity contribution in [3.8, 4) is 5.69 Å². The van der Waals surface area contributed by atoms with Crippen molar-refractivity contribution < 1.29 is 4.79 Å². The first-order valence-electron chi connectivity index (χ1n) is 10.4. The highest BCUT2D eigenvalue weighted by molar-refractivity contribution is 5.94. The highest BCUT2D eigenvalue weighted by atomic mass is 16.2. The number of carbonyl (C=O) groups excluding carboxylic acids is 1. The summed E-state index contributed by atoms with van der Waals surface area (Å²) in [6.45, 7) is 10.6. The smallest absolute Gasteiger partial charge is 0.277 e. The van der Waals surface area contributed by atoms with E-state index in [1.54, 1.807) is 6.92 Å². The molecule has 0 aliphatic carbocycles. The van der Waals surface area contributed by atoms with Crippen LogP contribution in [0.3, 0.4) is 0 Å². The average molecular weight is 418 g/mol. The molecule has 0 bridgehead atoms. The van der Waals surface area contributed by atoms with E-state index in [0.29, 0.717) is 28.8 Å². The Kier molecular flexibility index (Phi) is 5.27. The molecule has 0 saturated carbocycles. The van der Waals surface area contributed by atoms with E-state index in [9.17, 15) is 9.59 Å². The van der Waals surface area contributed by atoms with E-state index >= 15 is 0 Å². The molecule has 1 amide bonds. The maximum Gasteiger partial charge on any atom is 0.277 e. The number of hydrogen-bond acceptors (Lipinski definition) is 3. The van der Waals surface area contributed by atoms with E-state index in [1.807, 2.05) is 19.9 Å². The molecule has 1 aliphatic rings. The number of nitrogens with one attached hydrogen (secondary N) is 2. The molecule has 0 radical (unpaired) electrons. The van der Waals surface area contributed by atoms with Gasteiger partial charge in [-0.2, -0.15) is 0 Å². The highest BCUT2D eigenvalue weighted by Gasteiger charge is 2.20. The zero-order chi connectivity index (χ0) is 22.3. The van der Waals surface area contributed by atoms with E-state index in [-0.39, 0.29) is 18.0 Å². The Bertz CT molecular complexity index is 1380. The highest BCUT2D eigenvalue weighted by Crippen LogP contribution is 2.21. The zero-order valence-electron chi connectivity index (χ0n) is 18.5. The Morgan fingerprint density at radius 3 is 2.58 bits per heavy atom. The van der Waals surface area contributed by atoms with Gasteiger partial charge in [0.2, 0.25) is 5.62 Å². The van der Waals surface area contributed by atoms with Gasteiger partial charge < -0.3 is 14.9 Å². The van der Waals surface area contributed by atoms with Crippen LogP contribution in [-0.4, -0.2) is 26.6 Å². The molecule has 160 valence electrons. The fourth-order valence-electron chi connectivity index (χ4n) is 4.00. The van der Waals surface area contributed by atoms with Crippen LogP contribution in [0.1, 0.15) is 36.4 Å². The van der Waals surface area contributed by atoms with Crippen molar-refractivity contribution in [1.82, 2.24) is 19.4 Å². The van der Waals surface area contributed by atoms with Gasteiger partial charge >= 0.3 is 0 Å². The lowest BCUT2D eigenvalue weighted by Crippen LogP contribution is -2.37. The largest absolute Gasteiger partial charge is 0.352 e. The number of H-pyrrole nitrogens is 1. The number of hydrogen-bond donors (Lipinski definition) is 2. The first-order valence-corrected chi connectivity index (χ1v) is 10.4. The predicted molar refractivity (Wildman–Crippen MR) is 121 cm³/mol. The standard InChI is InChI=1S/C24H27N5O2/c1-6-25-22(30)20-13-28-23(31)21(27-24(28)26-16(20)4)12-18-11-15(3)29(17(18)5)19-9-7-14(2)8-10-19/h7-12H,6,13H2,1-5H3,(H,25,30)(H,26,27)/b21-12+. The molecule has 4 rings (SSSR count). The summed E-state index contributed by atoms with van der Waals surface area (Å²) in [6.07, 6.45) is 1.86. The number of imidazole rings is 1. The topological polar surface area (TPSA) is 84.2 Å². The molecular weight excluding hydrogens is 390 g/mol. The normalized spacial score (nSPS) is 13.9. The number of fused-ring (bicyclic) bond motifs is 1. The minimum atomic E-state index is -0.187. The van der Waals surface area contributed by atoms with E-state index in [0.717, 1.165) is 22.6 Å². The fourth-order valence-corrected chi connectivity index (χ4v) is 4.00. The van der Waals surface area contributed by atoms with E-state index in [4.69, 9.17) is 0 Å². The number of amides is 1. The van der Waals surface area contributed by atoms with Gasteiger partial charge in [-0.15, -0.1) is 0 Å². The van der Waals surface area contributed by atoms with Crippen molar-refractivity contribution in [1.29, 1.82) is 0 Å². The minimum Gasteiger partial charge on any atom is -0.352 e. The summed E-state index contributed by atoms with van der Waals surface area (Å²) in [6, 6.07) is 10.4. The third kappa shape index (κ3) is 3.67. The van der Waals surface area contributed by atoms with E-state index < -0.39 is 0 Å². The number of likely N-dealkylation sites (N-methyl/N-ethyl adjacent to an activating group) is 1. The van der Waals surface area contributed by atoms with Gasteiger partial charge in [0, 0.05) is 23.6 Å². The SMILES string of the molecule is CCNC(=O)C1=C(C)N=c2[nH]/c(=C/c3cc(C)n(-c4ccc(C)cc4)c3C)c(=O)n2C1. The summed E-state index contributed by atoms with van der Waals surface area (Å²) in [5.41, 5.74) is 6.81. The molecule has 3 heterocycles. The molecule has 7 heteroatoms. The molecule has 31 heavy (non-hydrogen) atoms. The van der Waals surface area contributed by atoms with E-state index in [2.05, 4.69) is 64.0 Å². The predicted octanol–water partition coefficient (Wildman–Crippen LogP) is 1.76. The summed E-state index contributed by atoms with van der Waals surface area (Å²) >= 11 is 0. The zero-order valence-corrected chi connectivity index (χ0v) is 18.5. The molecule has 0 atom stereocenters. The first kappa shape index (κ1) is 20.7. The molecule has 1 aromatic carbocycles. The van der Waals surface area contributed by atoms with Crippen LogP contribution >= 0.6 is 0 Å². The number of allylic oxidation sites excluding steroid dienone is 1. The van der Waals surface area contributed by atoms with Crippen LogP contribution in [0.2, 0.25) is 0 Å². The molecule has 2 aromatic heterocycles. The molecule has 1 aliphatic heterocycles. The van der Waals surface area contributed by atoms with Gasteiger partial charge in [-0.25, -0.2) is 4.99 Å². The van der Waals surface area contributed by atoms with Crippen molar-refractivity contribution >= 4 is 12.0 Å². The Morgan fingerprint density at radius 1 is 1.19 bits per heavy atom. The second-order valence-electron chi connectivity index (χ2n) is 7.93. The number of aryl methyl sites for hydroxylation is 2. The summed E-state index contributed by atoms with van der Waals surface area (Å²) in [4.78, 5) is 32.9. The van der Waals surface area contributed by atoms with Gasteiger partial charge in [-0.1, -0.05) is 17.7 Å². The maximum absolute atomic E-state index is 13.0. The molecule has 0 unspecified atom stereocenters. The quantitative estimate of drug-likeness (QED) is 0.678. The van der Waals surface area contributed by atoms with Crippen molar-refractivity contribution in [2.45, 2.75) is 41.2 Å². The van der Waals surface area contributed by atoms with Gasteiger partial charge in [-0.05, 0) is 64.5 Å². The van der Waals surface area contributed by atoms with Gasteiger partial charge in [-0.3, -0.25) is 14.2 Å². The lowest BCUT2D eigenvalue weighted by molar-refractivity contribution is -0.117. The minimum absolute atomic E-state index is 0.185. The molecule has 3 aromatic rings. The van der Waals surface area contributed by atoms with Crippen LogP contribution in [-0.2, 0) is 11.3 Å². The monoisotopic (exact) mass is 417 g/mol. The molecule has 7 nitrogen and oxygen atoms in total. The van der Waals surface area contributed by atoms with Gasteiger partial charge in [0.05, 0.1) is 17.8 Å². The third-order valence-corrected chi connectivity index (χ3v) is 5.68. The number of aromatic amines is 1. The van der Waals surface area contributed by atoms with Crippen LogP contribution in [0, 0.1) is 20.8 Å². The molecule has 0 saturated heterocycles. The molecule has 2 N–H and O–H groups in total. The number of benzene rings is 1. The summed E-state index contributed by atoms with van der Waals surface area (Å²) in [5, 5.41) is 3.24. The fraction of sp³-hybridized carbons (Fsp3) is 0.292. The van der Waals surface area contributed by atoms with Crippen LogP contribution in [0.5, 0.6) is 0 Å². The summed E-state index contributed by atoms with van der Waals surface area (Å²) in [7, 11) is 0. The van der Waals surface area contributed by atoms with Crippen LogP contribution < -0.4 is 21.8 Å². The van der Waals surface area contributed by atoms with Crippen molar-refractivity contribution in [3.05, 3.63) is 85.4 Å². The van der Waals surface area contributed by atoms with Crippen LogP contribution in [0.15, 0.2) is 51.4 Å². The Hall–Kier alpha value is -3.61. The third-order valence-electron chi connectivity index (χ3n) is 5.68. The van der Waals surface area contributed by atoms with Gasteiger partial charge in [0.25, 0.3) is 11.5 Å². The maximum atomic E-state index is 13.0. The summed E-state index contributed by atoms with van der Waals surface area (Å²) in [5.74, 6) is -0.185. The Labute approximate surface area is 180 Å². The van der Waals surface area contributed by atoms with Crippen LogP contribution in [0.25, 0.3) is 11.8 Å². The van der Waals surface area contributed by atoms with Crippen molar-refractivity contribution in [3.63, 3.8) is 0 Å². The average Bonchev–Trinajstić information content (AvgIpc) is 3.17. The number of nitrogens with zero attached hydrogens (tertiary/aromatic N) is 3. The Morgan fingerprint density at radius 2 is 1.90 bits per heavy atom. The van der Waals surface area contributed by atoms with E-state index in [1.165, 1.54) is 10.1 Å². The lowest BCUT2D eigenvalue weighted by atomic mass is 10.2. The number of aromatic nitrogens is 3. The van der Waals surface area contributed by atoms with Gasteiger partial charge in [0.1, 0.15) is 5.35 Å².